The first-order chi connectivity index (χ1) is 12.3. The number of imidazole rings is 1. The van der Waals surface area contributed by atoms with E-state index >= 15 is 0 Å². The summed E-state index contributed by atoms with van der Waals surface area (Å²) in [6, 6.07) is 7.23. The number of sulfone groups is 1. The molecule has 144 valence electrons. The van der Waals surface area contributed by atoms with Gasteiger partial charge in [-0.2, -0.15) is 13.2 Å². The van der Waals surface area contributed by atoms with Crippen LogP contribution in [0.3, 0.4) is 0 Å². The first-order valence-electron chi connectivity index (χ1n) is 8.08. The van der Waals surface area contributed by atoms with Gasteiger partial charge in [-0.1, -0.05) is 12.1 Å². The number of hydrogen-bond donors (Lipinski definition) is 0. The van der Waals surface area contributed by atoms with E-state index < -0.39 is 26.3 Å². The summed E-state index contributed by atoms with van der Waals surface area (Å²) < 4.78 is 65.2. The van der Waals surface area contributed by atoms with Gasteiger partial charge in [0.2, 0.25) is 0 Å². The molecule has 0 aliphatic rings. The zero-order valence-corrected chi connectivity index (χ0v) is 16.0. The van der Waals surface area contributed by atoms with E-state index in [2.05, 4.69) is 9.97 Å². The van der Waals surface area contributed by atoms with Gasteiger partial charge in [0.15, 0.2) is 15.5 Å². The van der Waals surface area contributed by atoms with Crippen LogP contribution >= 0.6 is 0 Å². The molecule has 2 heterocycles. The van der Waals surface area contributed by atoms with Gasteiger partial charge in [-0.25, -0.2) is 18.4 Å². The highest BCUT2D eigenvalue weighted by Gasteiger charge is 2.34. The van der Waals surface area contributed by atoms with Crippen molar-refractivity contribution < 1.29 is 21.6 Å². The van der Waals surface area contributed by atoms with E-state index in [1.165, 1.54) is 10.6 Å². The minimum Gasteiger partial charge on any atom is -0.312 e. The zero-order chi connectivity index (χ0) is 20.2. The first-order valence-corrected chi connectivity index (χ1v) is 9.56. The maximum atomic E-state index is 13.0. The molecule has 5 nitrogen and oxygen atoms in total. The summed E-state index contributed by atoms with van der Waals surface area (Å²) in [4.78, 5) is 8.19. The molecule has 0 N–H and O–H groups in total. The topological polar surface area (TPSA) is 64.8 Å². The van der Waals surface area contributed by atoms with Crippen LogP contribution in [-0.2, 0) is 23.1 Å². The van der Waals surface area contributed by atoms with E-state index in [0.29, 0.717) is 5.56 Å². The molecule has 0 aliphatic heterocycles. The van der Waals surface area contributed by atoms with Crippen molar-refractivity contribution in [2.75, 3.05) is 0 Å². The number of benzene rings is 1. The van der Waals surface area contributed by atoms with Gasteiger partial charge in [0, 0.05) is 18.8 Å². The van der Waals surface area contributed by atoms with E-state index in [4.69, 9.17) is 0 Å². The number of aryl methyl sites for hydroxylation is 1. The Morgan fingerprint density at radius 1 is 1.07 bits per heavy atom. The lowest BCUT2D eigenvalue weighted by molar-refractivity contribution is -0.137. The van der Waals surface area contributed by atoms with Gasteiger partial charge >= 0.3 is 6.18 Å². The van der Waals surface area contributed by atoms with Crippen molar-refractivity contribution in [3.05, 3.63) is 42.1 Å². The number of halogens is 3. The number of alkyl halides is 3. The van der Waals surface area contributed by atoms with Crippen LogP contribution in [0.1, 0.15) is 26.3 Å². The normalized spacial score (nSPS) is 13.3. The Balaban J connectivity index is 2.28. The van der Waals surface area contributed by atoms with Crippen LogP contribution in [0, 0.1) is 0 Å². The summed E-state index contributed by atoms with van der Waals surface area (Å²) in [6.07, 6.45) is -3.79. The third-order valence-electron chi connectivity index (χ3n) is 4.26. The first kappa shape index (κ1) is 19.3. The molecular formula is C18H18F3N3O2S. The lowest BCUT2D eigenvalue weighted by atomic mass is 10.2. The molecule has 3 aromatic rings. The number of pyridine rings is 1. The second-order valence-electron chi connectivity index (χ2n) is 7.17. The molecule has 0 aliphatic carbocycles. The molecule has 0 amide bonds. The summed E-state index contributed by atoms with van der Waals surface area (Å²) >= 11 is 0. The van der Waals surface area contributed by atoms with Gasteiger partial charge in [0.05, 0.1) is 15.2 Å². The zero-order valence-electron chi connectivity index (χ0n) is 15.2. The van der Waals surface area contributed by atoms with Crippen LogP contribution in [0.4, 0.5) is 13.2 Å². The van der Waals surface area contributed by atoms with Crippen LogP contribution in [0.15, 0.2) is 41.4 Å². The quantitative estimate of drug-likeness (QED) is 0.649. The van der Waals surface area contributed by atoms with Crippen molar-refractivity contribution in [1.29, 1.82) is 0 Å². The molecule has 0 saturated carbocycles. The van der Waals surface area contributed by atoms with Gasteiger partial charge in [0.25, 0.3) is 0 Å². The second-order valence-corrected chi connectivity index (χ2v) is 9.84. The van der Waals surface area contributed by atoms with Crippen molar-refractivity contribution in [3.8, 4) is 11.4 Å². The van der Waals surface area contributed by atoms with Gasteiger partial charge < -0.3 is 4.57 Å². The molecule has 0 saturated heterocycles. The van der Waals surface area contributed by atoms with E-state index in [9.17, 15) is 21.6 Å². The molecule has 3 rings (SSSR count). The van der Waals surface area contributed by atoms with Crippen LogP contribution in [0.2, 0.25) is 0 Å². The second kappa shape index (κ2) is 6.05. The molecule has 0 bridgehead atoms. The van der Waals surface area contributed by atoms with E-state index in [1.807, 2.05) is 0 Å². The Bertz CT molecular complexity index is 1130. The van der Waals surface area contributed by atoms with Crippen LogP contribution in [0.5, 0.6) is 0 Å². The Kier molecular flexibility index (Phi) is 4.33. The van der Waals surface area contributed by atoms with Crippen molar-refractivity contribution in [2.24, 2.45) is 7.05 Å². The summed E-state index contributed by atoms with van der Waals surface area (Å²) in [7, 11) is -2.11. The summed E-state index contributed by atoms with van der Waals surface area (Å²) in [5.74, 6) is 0.236. The number of fused-ring (bicyclic) bond motifs is 1. The van der Waals surface area contributed by atoms with Gasteiger partial charge in [-0.05, 0) is 39.0 Å². The minimum absolute atomic E-state index is 0.0466. The maximum absolute atomic E-state index is 13.0. The molecular weight excluding hydrogens is 379 g/mol. The average Bonchev–Trinajstić information content (AvgIpc) is 2.89. The Labute approximate surface area is 154 Å². The van der Waals surface area contributed by atoms with Crippen molar-refractivity contribution in [1.82, 2.24) is 14.5 Å². The summed E-state index contributed by atoms with van der Waals surface area (Å²) in [6.45, 7) is 4.77. The molecule has 27 heavy (non-hydrogen) atoms. The fourth-order valence-electron chi connectivity index (χ4n) is 2.69. The third kappa shape index (κ3) is 3.20. The molecule has 0 atom stereocenters. The lowest BCUT2D eigenvalue weighted by Gasteiger charge is -2.21. The smallest absolute Gasteiger partial charge is 0.312 e. The SMILES string of the molecule is Cn1c(-c2ccccc2S(=O)(=O)C(C)(C)C)nc2cc(C(F)(F)F)cnc21. The Morgan fingerprint density at radius 2 is 1.70 bits per heavy atom. The summed E-state index contributed by atoms with van der Waals surface area (Å²) in [5.41, 5.74) is -0.303. The number of nitrogens with zero attached hydrogens (tertiary/aromatic N) is 3. The number of hydrogen-bond acceptors (Lipinski definition) is 4. The monoisotopic (exact) mass is 397 g/mol. The van der Waals surface area contributed by atoms with E-state index in [0.717, 1.165) is 12.3 Å². The number of rotatable bonds is 2. The summed E-state index contributed by atoms with van der Waals surface area (Å²) in [5, 5.41) is 0. The van der Waals surface area contributed by atoms with Crippen LogP contribution in [-0.4, -0.2) is 27.7 Å². The van der Waals surface area contributed by atoms with Gasteiger partial charge in [-0.15, -0.1) is 0 Å². The fourth-order valence-corrected chi connectivity index (χ4v) is 4.05. The predicted octanol–water partition coefficient (Wildman–Crippen LogP) is 4.23. The predicted molar refractivity (Wildman–Crippen MR) is 95.9 cm³/mol. The molecule has 2 aromatic heterocycles. The third-order valence-corrected chi connectivity index (χ3v) is 6.81. The van der Waals surface area contributed by atoms with Crippen molar-refractivity contribution >= 4 is 21.0 Å². The van der Waals surface area contributed by atoms with Gasteiger partial charge in [-0.3, -0.25) is 0 Å². The highest BCUT2D eigenvalue weighted by Crippen LogP contribution is 2.35. The highest BCUT2D eigenvalue weighted by atomic mass is 32.2. The molecule has 0 fully saturated rings. The fraction of sp³-hybridized carbons (Fsp3) is 0.333. The molecule has 9 heteroatoms. The largest absolute Gasteiger partial charge is 0.417 e. The van der Waals surface area contributed by atoms with Crippen LogP contribution < -0.4 is 0 Å². The highest BCUT2D eigenvalue weighted by molar-refractivity contribution is 7.92. The Hall–Kier alpha value is -2.42. The van der Waals surface area contributed by atoms with E-state index in [1.54, 1.807) is 46.0 Å². The molecule has 0 spiro atoms. The average molecular weight is 397 g/mol. The van der Waals surface area contributed by atoms with Gasteiger partial charge in [0.1, 0.15) is 11.3 Å². The molecule has 1 aromatic carbocycles. The Morgan fingerprint density at radius 3 is 2.30 bits per heavy atom. The standard InChI is InChI=1S/C18H18F3N3O2S/c1-17(2,3)27(25,26)14-8-6-5-7-12(14)15-23-13-9-11(18(19,20)21)10-22-16(13)24(15)4/h5-10H,1-4H3. The van der Waals surface area contributed by atoms with Crippen molar-refractivity contribution in [2.45, 2.75) is 36.6 Å². The maximum Gasteiger partial charge on any atom is 0.417 e. The minimum atomic E-state index is -4.54. The molecule has 0 unspecified atom stereocenters. The molecule has 0 radical (unpaired) electrons. The lowest BCUT2D eigenvalue weighted by Crippen LogP contribution is -2.28. The number of aromatic nitrogens is 3. The van der Waals surface area contributed by atoms with Crippen LogP contribution in [0.25, 0.3) is 22.6 Å². The van der Waals surface area contributed by atoms with Crippen molar-refractivity contribution in [3.63, 3.8) is 0 Å². The van der Waals surface area contributed by atoms with E-state index in [-0.39, 0.29) is 21.9 Å².